The molecule has 0 saturated carbocycles. The summed E-state index contributed by atoms with van der Waals surface area (Å²) >= 11 is 0. The number of carbonyl (C=O) groups excluding carboxylic acids is 1. The van der Waals surface area contributed by atoms with Crippen LogP contribution in [-0.2, 0) is 9.59 Å². The normalized spacial score (nSPS) is 11.0. The van der Waals surface area contributed by atoms with Crippen LogP contribution in [0, 0.1) is 0 Å². The summed E-state index contributed by atoms with van der Waals surface area (Å²) < 4.78 is 0.473. The Morgan fingerprint density at radius 1 is 0.829 bits per heavy atom. The molecule has 0 bridgehead atoms. The second-order valence-electron chi connectivity index (χ2n) is 9.55. The van der Waals surface area contributed by atoms with Crippen LogP contribution >= 0.6 is 64.8 Å². The van der Waals surface area contributed by atoms with E-state index in [2.05, 4.69) is 67.6 Å². The number of hydrogen-bond acceptors (Lipinski definition) is 8. The van der Waals surface area contributed by atoms with Crippen LogP contribution in [-0.4, -0.2) is 50.0 Å². The molecule has 1 unspecified atom stereocenters. The average Bonchev–Trinajstić information content (AvgIpc) is 2.91. The fourth-order valence-corrected chi connectivity index (χ4v) is 7.72. The number of allylic oxidation sites excluding steroid dienone is 2. The maximum Gasteiger partial charge on any atom is 0.328 e. The van der Waals surface area contributed by atoms with Crippen molar-refractivity contribution in [2.24, 2.45) is 0 Å². The molecule has 0 aliphatic heterocycles. The van der Waals surface area contributed by atoms with Gasteiger partial charge in [-0.25, -0.2) is 4.79 Å². The van der Waals surface area contributed by atoms with Crippen LogP contribution in [0.25, 0.3) is 0 Å². The van der Waals surface area contributed by atoms with Crippen LogP contribution in [0.5, 0.6) is 0 Å². The molecule has 2 N–H and O–H groups in total. The van der Waals surface area contributed by atoms with Gasteiger partial charge in [0.1, 0.15) is 0 Å². The van der Waals surface area contributed by atoms with E-state index in [-0.39, 0.29) is 5.91 Å². The zero-order chi connectivity index (χ0) is 33.1. The van der Waals surface area contributed by atoms with Gasteiger partial charge in [-0.05, 0) is 60.3 Å². The van der Waals surface area contributed by atoms with Crippen LogP contribution < -0.4 is 5.32 Å². The SMILES string of the molecule is CC(=O)NC=C(C)C.CCCC(C)=CC(=O)O.CCCSSCC.CCSSC(C)(C)CC.CCSSC(C)CC. The first-order valence-corrected chi connectivity index (χ1v) is 22.0. The van der Waals surface area contributed by atoms with Gasteiger partial charge in [0.25, 0.3) is 0 Å². The molecule has 41 heavy (non-hydrogen) atoms. The second kappa shape index (κ2) is 40.5. The standard InChI is InChI=1S/C7H12O2.C7H16S2.C6H11NO.C6H14S2.C5H12S2/c1-3-4-6(2)5-7(8)9;1-5-7(3,4)9-8-6-2;1-5(2)4-7-6(3)8;1-4-6(3)8-7-5-2;1-3-5-7-6-4-2/h5H,3-4H2,1-2H3,(H,8,9);5-6H2,1-4H3;4H,1-3H3,(H,7,8);6H,4-5H2,1-3H3;3-5H2,1-2H3. The van der Waals surface area contributed by atoms with Crippen LogP contribution in [0.15, 0.2) is 23.4 Å². The third kappa shape index (κ3) is 64.5. The molecule has 1 amide bonds. The number of amides is 1. The number of hydrogen-bond donors (Lipinski definition) is 2. The minimum Gasteiger partial charge on any atom is -0.478 e. The number of rotatable bonds is 16. The highest BCUT2D eigenvalue weighted by Gasteiger charge is 2.14. The molecule has 0 heterocycles. The van der Waals surface area contributed by atoms with E-state index in [1.165, 1.54) is 55.3 Å². The molecular formula is C31H65NO3S6. The van der Waals surface area contributed by atoms with Gasteiger partial charge >= 0.3 is 5.97 Å². The summed E-state index contributed by atoms with van der Waals surface area (Å²) in [6.45, 7) is 29.3. The maximum absolute atomic E-state index is 10.2. The predicted molar refractivity (Wildman–Crippen MR) is 206 cm³/mol. The van der Waals surface area contributed by atoms with Crippen molar-refractivity contribution in [1.29, 1.82) is 0 Å². The van der Waals surface area contributed by atoms with Gasteiger partial charge in [-0.3, -0.25) is 4.79 Å². The fourth-order valence-electron chi connectivity index (χ4n) is 1.68. The molecule has 0 radical (unpaired) electrons. The minimum absolute atomic E-state index is 0.0220. The monoisotopic (exact) mass is 691 g/mol. The highest BCUT2D eigenvalue weighted by Crippen LogP contribution is 2.37. The van der Waals surface area contributed by atoms with Gasteiger partial charge in [0.05, 0.1) is 0 Å². The average molecular weight is 692 g/mol. The van der Waals surface area contributed by atoms with E-state index in [0.29, 0.717) is 4.75 Å². The number of aliphatic carboxylic acids is 1. The first kappa shape index (κ1) is 51.1. The molecular weight excluding hydrogens is 627 g/mol. The third-order valence-electron chi connectivity index (χ3n) is 4.25. The van der Waals surface area contributed by atoms with Crippen molar-refractivity contribution in [2.75, 3.05) is 23.0 Å². The van der Waals surface area contributed by atoms with Crippen molar-refractivity contribution >= 4 is 76.6 Å². The van der Waals surface area contributed by atoms with E-state index < -0.39 is 5.97 Å². The molecule has 4 nitrogen and oxygen atoms in total. The summed E-state index contributed by atoms with van der Waals surface area (Å²) in [5.41, 5.74) is 2.03. The summed E-state index contributed by atoms with van der Waals surface area (Å²) in [4.78, 5) is 20.2. The van der Waals surface area contributed by atoms with E-state index >= 15 is 0 Å². The first-order valence-electron chi connectivity index (χ1n) is 14.8. The third-order valence-corrected chi connectivity index (χ3v) is 13.6. The lowest BCUT2D eigenvalue weighted by molar-refractivity contribution is -0.131. The lowest BCUT2D eigenvalue weighted by Crippen LogP contribution is -2.11. The van der Waals surface area contributed by atoms with Crippen LogP contribution in [0.4, 0.5) is 0 Å². The summed E-state index contributed by atoms with van der Waals surface area (Å²) in [5.74, 6) is 4.12. The Hall–Kier alpha value is 0.520. The number of carboxylic acids is 1. The predicted octanol–water partition coefficient (Wildman–Crippen LogP) is 12.4. The Labute approximate surface area is 280 Å². The number of carboxylic acid groups (broad SMARTS) is 1. The highest BCUT2D eigenvalue weighted by atomic mass is 33.1. The van der Waals surface area contributed by atoms with Crippen molar-refractivity contribution in [3.63, 3.8) is 0 Å². The molecule has 0 spiro atoms. The van der Waals surface area contributed by atoms with Crippen LogP contribution in [0.1, 0.15) is 129 Å². The van der Waals surface area contributed by atoms with Crippen molar-refractivity contribution in [3.05, 3.63) is 23.4 Å². The van der Waals surface area contributed by atoms with E-state index in [1.54, 1.807) is 6.20 Å². The Balaban J connectivity index is -0.000000132. The molecule has 0 fully saturated rings. The van der Waals surface area contributed by atoms with Gasteiger partial charge in [0.15, 0.2) is 0 Å². The van der Waals surface area contributed by atoms with Crippen LogP contribution in [0.2, 0.25) is 0 Å². The van der Waals surface area contributed by atoms with Crippen molar-refractivity contribution < 1.29 is 14.7 Å². The molecule has 0 aromatic heterocycles. The topological polar surface area (TPSA) is 66.4 Å². The number of carbonyl (C=O) groups is 2. The van der Waals surface area contributed by atoms with Crippen LogP contribution in [0.3, 0.4) is 0 Å². The lowest BCUT2D eigenvalue weighted by atomic mass is 10.1. The quantitative estimate of drug-likeness (QED) is 0.0935. The number of nitrogens with one attached hydrogen (secondary N) is 1. The van der Waals surface area contributed by atoms with Crippen molar-refractivity contribution in [3.8, 4) is 0 Å². The van der Waals surface area contributed by atoms with E-state index in [4.69, 9.17) is 5.11 Å². The van der Waals surface area contributed by atoms with Gasteiger partial charge in [-0.2, -0.15) is 0 Å². The zero-order valence-electron chi connectivity index (χ0n) is 28.8. The van der Waals surface area contributed by atoms with Gasteiger partial charge in [-0.1, -0.05) is 138 Å². The zero-order valence-corrected chi connectivity index (χ0v) is 33.7. The van der Waals surface area contributed by atoms with Gasteiger partial charge in [0.2, 0.25) is 5.91 Å². The van der Waals surface area contributed by atoms with Gasteiger partial charge in [0, 0.05) is 52.2 Å². The largest absolute Gasteiger partial charge is 0.478 e. The van der Waals surface area contributed by atoms with E-state index in [9.17, 15) is 9.59 Å². The smallest absolute Gasteiger partial charge is 0.328 e. The Kier molecular flexibility index (Phi) is 50.5. The molecule has 248 valence electrons. The lowest BCUT2D eigenvalue weighted by Gasteiger charge is -2.19. The summed E-state index contributed by atoms with van der Waals surface area (Å²) in [6.07, 6.45) is 8.67. The highest BCUT2D eigenvalue weighted by molar-refractivity contribution is 8.77. The van der Waals surface area contributed by atoms with E-state index in [1.807, 2.05) is 92.5 Å². The summed E-state index contributed by atoms with van der Waals surface area (Å²) in [6, 6.07) is 0. The van der Waals surface area contributed by atoms with E-state index in [0.717, 1.165) is 29.2 Å². The first-order chi connectivity index (χ1) is 19.1. The maximum atomic E-state index is 10.2. The van der Waals surface area contributed by atoms with Gasteiger partial charge in [-0.15, -0.1) is 0 Å². The van der Waals surface area contributed by atoms with Gasteiger partial charge < -0.3 is 10.4 Å². The summed E-state index contributed by atoms with van der Waals surface area (Å²) in [7, 11) is 11.8. The molecule has 0 aromatic rings. The minimum atomic E-state index is -0.846. The molecule has 0 rings (SSSR count). The molecule has 0 aliphatic carbocycles. The Bertz CT molecular complexity index is 621. The van der Waals surface area contributed by atoms with Crippen molar-refractivity contribution in [2.45, 2.75) is 139 Å². The molecule has 0 aromatic carbocycles. The fraction of sp³-hybridized carbons (Fsp3) is 0.806. The Morgan fingerprint density at radius 2 is 1.37 bits per heavy atom. The van der Waals surface area contributed by atoms with Crippen molar-refractivity contribution in [1.82, 2.24) is 5.32 Å². The Morgan fingerprint density at radius 3 is 1.68 bits per heavy atom. The molecule has 1 atom stereocenters. The molecule has 0 aliphatic rings. The molecule has 0 saturated heterocycles. The molecule has 10 heteroatoms. The summed E-state index contributed by atoms with van der Waals surface area (Å²) in [5, 5.41) is 11.6. The second-order valence-corrected chi connectivity index (χ2v) is 18.8.